The zero-order valence-electron chi connectivity index (χ0n) is 19.8. The second kappa shape index (κ2) is 9.60. The highest BCUT2D eigenvalue weighted by Crippen LogP contribution is 2.32. The Morgan fingerprint density at radius 1 is 1.05 bits per heavy atom. The zero-order valence-corrected chi connectivity index (χ0v) is 20.6. The average Bonchev–Trinajstić information content (AvgIpc) is 3.36. The highest BCUT2D eigenvalue weighted by molar-refractivity contribution is 7.98. The molecule has 192 valence electrons. The fourth-order valence-corrected chi connectivity index (χ4v) is 5.32. The SMILES string of the molecule is O=c1c2c(nc(SCc3cnccn3)n1-c1ccccc1)CCN(c1nc3ccc(C(F)(F)F)cc3[nH]1)C2. The Bertz CT molecular complexity index is 1670. The lowest BCUT2D eigenvalue weighted by Crippen LogP contribution is -2.38. The number of thioether (sulfide) groups is 1. The first-order chi connectivity index (χ1) is 18.4. The normalized spacial score (nSPS) is 13.6. The van der Waals surface area contributed by atoms with E-state index in [-0.39, 0.29) is 17.6 Å². The van der Waals surface area contributed by atoms with Gasteiger partial charge in [0, 0.05) is 37.3 Å². The smallest absolute Gasteiger partial charge is 0.337 e. The van der Waals surface area contributed by atoms with Crippen LogP contribution in [0.15, 0.2) is 77.1 Å². The first kappa shape index (κ1) is 24.2. The molecule has 2 aromatic carbocycles. The van der Waals surface area contributed by atoms with Gasteiger partial charge in [-0.05, 0) is 30.3 Å². The van der Waals surface area contributed by atoms with E-state index < -0.39 is 11.7 Å². The van der Waals surface area contributed by atoms with Gasteiger partial charge in [0.2, 0.25) is 5.95 Å². The lowest BCUT2D eigenvalue weighted by atomic mass is 10.1. The number of alkyl halides is 3. The van der Waals surface area contributed by atoms with Gasteiger partial charge < -0.3 is 9.88 Å². The average molecular weight is 536 g/mol. The maximum Gasteiger partial charge on any atom is 0.416 e. The molecule has 4 heterocycles. The fourth-order valence-electron chi connectivity index (χ4n) is 4.40. The topological polar surface area (TPSA) is 92.6 Å². The summed E-state index contributed by atoms with van der Waals surface area (Å²) in [6.45, 7) is 0.740. The van der Waals surface area contributed by atoms with Crippen molar-refractivity contribution in [2.45, 2.75) is 30.1 Å². The van der Waals surface area contributed by atoms with Gasteiger partial charge >= 0.3 is 6.18 Å². The van der Waals surface area contributed by atoms with Crippen LogP contribution >= 0.6 is 11.8 Å². The predicted molar refractivity (Wildman–Crippen MR) is 137 cm³/mol. The van der Waals surface area contributed by atoms with E-state index in [1.165, 1.54) is 17.8 Å². The van der Waals surface area contributed by atoms with Gasteiger partial charge in [0.1, 0.15) is 0 Å². The van der Waals surface area contributed by atoms with Gasteiger partial charge in [0.05, 0.1) is 45.8 Å². The van der Waals surface area contributed by atoms with Crippen molar-refractivity contribution in [2.75, 3.05) is 11.4 Å². The Balaban J connectivity index is 1.36. The molecule has 0 fully saturated rings. The fraction of sp³-hybridized carbons (Fsp3) is 0.192. The van der Waals surface area contributed by atoms with E-state index in [2.05, 4.69) is 19.9 Å². The number of anilines is 1. The molecule has 8 nitrogen and oxygen atoms in total. The van der Waals surface area contributed by atoms with Gasteiger partial charge in [-0.15, -0.1) is 0 Å². The summed E-state index contributed by atoms with van der Waals surface area (Å²) in [5, 5.41) is 0.558. The van der Waals surface area contributed by atoms with Crippen LogP contribution in [0.2, 0.25) is 0 Å². The molecule has 0 aliphatic carbocycles. The molecule has 1 aliphatic rings. The predicted octanol–water partition coefficient (Wildman–Crippen LogP) is 4.77. The van der Waals surface area contributed by atoms with Crippen LogP contribution < -0.4 is 10.5 Å². The highest BCUT2D eigenvalue weighted by atomic mass is 32.2. The monoisotopic (exact) mass is 535 g/mol. The first-order valence-corrected chi connectivity index (χ1v) is 12.8. The third-order valence-electron chi connectivity index (χ3n) is 6.28. The Morgan fingerprint density at radius 3 is 2.66 bits per heavy atom. The molecule has 3 aromatic heterocycles. The number of hydrogen-bond donors (Lipinski definition) is 1. The number of imidazole rings is 1. The van der Waals surface area contributed by atoms with Gasteiger partial charge in [-0.1, -0.05) is 30.0 Å². The minimum atomic E-state index is -4.44. The van der Waals surface area contributed by atoms with Gasteiger partial charge in [-0.2, -0.15) is 13.2 Å². The molecular weight excluding hydrogens is 515 g/mol. The van der Waals surface area contributed by atoms with Crippen LogP contribution in [0.3, 0.4) is 0 Å². The van der Waals surface area contributed by atoms with Crippen LogP contribution in [0, 0.1) is 0 Å². The standard InChI is InChI=1S/C26H20F3N7OS/c27-26(28,29)16-6-7-21-22(12-16)33-24(32-21)35-11-8-20-19(14-35)23(37)36(18-4-2-1-3-5-18)25(34-20)38-15-17-13-30-9-10-31-17/h1-7,9-10,12-13H,8,11,14-15H2,(H,32,33). The third-order valence-corrected chi connectivity index (χ3v) is 7.25. The van der Waals surface area contributed by atoms with E-state index in [9.17, 15) is 18.0 Å². The number of halogens is 3. The number of hydrogen-bond acceptors (Lipinski definition) is 7. The summed E-state index contributed by atoms with van der Waals surface area (Å²) in [4.78, 5) is 36.5. The lowest BCUT2D eigenvalue weighted by molar-refractivity contribution is -0.137. The van der Waals surface area contributed by atoms with Gasteiger partial charge in [0.25, 0.3) is 5.56 Å². The summed E-state index contributed by atoms with van der Waals surface area (Å²) in [7, 11) is 0. The van der Waals surface area contributed by atoms with Gasteiger partial charge in [-0.25, -0.2) is 9.97 Å². The molecule has 0 amide bonds. The van der Waals surface area contributed by atoms with Crippen LogP contribution in [0.1, 0.15) is 22.5 Å². The van der Waals surface area contributed by atoms with Crippen molar-refractivity contribution < 1.29 is 13.2 Å². The zero-order chi connectivity index (χ0) is 26.3. The number of para-hydroxylation sites is 1. The minimum Gasteiger partial charge on any atom is -0.337 e. The molecule has 0 atom stereocenters. The summed E-state index contributed by atoms with van der Waals surface area (Å²) in [6.07, 6.45) is 0.953. The van der Waals surface area contributed by atoms with Gasteiger partial charge in [0.15, 0.2) is 5.16 Å². The molecule has 0 bridgehead atoms. The number of rotatable bonds is 5. The number of nitrogens with zero attached hydrogens (tertiary/aromatic N) is 6. The molecule has 38 heavy (non-hydrogen) atoms. The molecular formula is C26H20F3N7OS. The van der Waals surface area contributed by atoms with E-state index >= 15 is 0 Å². The van der Waals surface area contributed by atoms with E-state index in [1.54, 1.807) is 23.2 Å². The molecule has 12 heteroatoms. The first-order valence-electron chi connectivity index (χ1n) is 11.8. The largest absolute Gasteiger partial charge is 0.416 e. The second-order valence-corrected chi connectivity index (χ2v) is 9.69. The molecule has 0 unspecified atom stereocenters. The third kappa shape index (κ3) is 4.62. The van der Waals surface area contributed by atoms with Crippen molar-refractivity contribution >= 4 is 28.7 Å². The van der Waals surface area contributed by atoms with Crippen LogP contribution in [0.5, 0.6) is 0 Å². The Hall–Kier alpha value is -4.19. The molecule has 0 spiro atoms. The van der Waals surface area contributed by atoms with Crippen LogP contribution in [-0.4, -0.2) is 36.0 Å². The van der Waals surface area contributed by atoms with Crippen LogP contribution in [0.25, 0.3) is 16.7 Å². The van der Waals surface area contributed by atoms with E-state index in [4.69, 9.17) is 4.98 Å². The maximum absolute atomic E-state index is 13.8. The van der Waals surface area contributed by atoms with E-state index in [0.717, 1.165) is 17.8 Å². The van der Waals surface area contributed by atoms with E-state index in [1.807, 2.05) is 35.2 Å². The van der Waals surface area contributed by atoms with Crippen LogP contribution in [-0.2, 0) is 24.9 Å². The molecule has 0 saturated carbocycles. The summed E-state index contributed by atoms with van der Waals surface area (Å²) >= 11 is 1.41. The summed E-state index contributed by atoms with van der Waals surface area (Å²) in [5.74, 6) is 0.911. The quantitative estimate of drug-likeness (QED) is 0.256. The van der Waals surface area contributed by atoms with E-state index in [0.29, 0.717) is 52.3 Å². The van der Waals surface area contributed by atoms with Crippen molar-refractivity contribution in [1.82, 2.24) is 29.5 Å². The van der Waals surface area contributed by atoms with Crippen molar-refractivity contribution in [2.24, 2.45) is 0 Å². The Kier molecular flexibility index (Phi) is 6.10. The van der Waals surface area contributed by atoms with Crippen molar-refractivity contribution in [1.29, 1.82) is 0 Å². The second-order valence-electron chi connectivity index (χ2n) is 8.74. The van der Waals surface area contributed by atoms with Crippen molar-refractivity contribution in [3.63, 3.8) is 0 Å². The molecule has 5 aromatic rings. The Labute approximate surface area is 218 Å². The number of aromatic nitrogens is 6. The Morgan fingerprint density at radius 2 is 1.89 bits per heavy atom. The van der Waals surface area contributed by atoms with Crippen molar-refractivity contribution in [3.8, 4) is 5.69 Å². The number of benzene rings is 2. The maximum atomic E-state index is 13.8. The molecule has 0 saturated heterocycles. The van der Waals surface area contributed by atoms with Gasteiger partial charge in [-0.3, -0.25) is 19.3 Å². The molecule has 1 N–H and O–H groups in total. The van der Waals surface area contributed by atoms with Crippen LogP contribution in [0.4, 0.5) is 19.1 Å². The molecule has 6 rings (SSSR count). The minimum absolute atomic E-state index is 0.192. The summed E-state index contributed by atoms with van der Waals surface area (Å²) in [5.41, 5.74) is 2.47. The molecule has 1 aliphatic heterocycles. The number of H-pyrrole nitrogens is 1. The number of nitrogens with one attached hydrogen (secondary N) is 1. The summed E-state index contributed by atoms with van der Waals surface area (Å²) in [6, 6.07) is 12.7. The lowest BCUT2D eigenvalue weighted by Gasteiger charge is -2.28. The van der Waals surface area contributed by atoms with Crippen molar-refractivity contribution in [3.05, 3.63) is 100.0 Å². The molecule has 0 radical (unpaired) electrons. The highest BCUT2D eigenvalue weighted by Gasteiger charge is 2.31. The number of aromatic amines is 1. The summed E-state index contributed by atoms with van der Waals surface area (Å²) < 4.78 is 41.1. The number of fused-ring (bicyclic) bond motifs is 2.